The van der Waals surface area contributed by atoms with Crippen LogP contribution in [-0.2, 0) is 16.1 Å². The lowest BCUT2D eigenvalue weighted by Gasteiger charge is -2.39. The van der Waals surface area contributed by atoms with E-state index >= 15 is 0 Å². The molecule has 2 aliphatic rings. The highest BCUT2D eigenvalue weighted by Gasteiger charge is 2.42. The Bertz CT molecular complexity index is 775. The fourth-order valence-electron chi connectivity index (χ4n) is 4.12. The molecule has 2 heterocycles. The lowest BCUT2D eigenvalue weighted by molar-refractivity contribution is -0.125. The average Bonchev–Trinajstić information content (AvgIpc) is 3.09. The molecule has 0 saturated carbocycles. The van der Waals surface area contributed by atoms with Gasteiger partial charge in [0.1, 0.15) is 5.60 Å². The molecule has 3 rings (SSSR count). The number of aliphatic hydroxyl groups is 1. The van der Waals surface area contributed by atoms with Crippen molar-refractivity contribution in [1.82, 2.24) is 10.2 Å². The second-order valence-corrected chi connectivity index (χ2v) is 9.64. The number of nitrogens with one attached hydrogen (secondary N) is 1. The van der Waals surface area contributed by atoms with E-state index in [0.717, 1.165) is 50.9 Å². The summed E-state index contributed by atoms with van der Waals surface area (Å²) in [6.07, 6.45) is 4.38. The van der Waals surface area contributed by atoms with Crippen LogP contribution in [0.25, 0.3) is 0 Å². The molecular weight excluding hydrogens is 376 g/mol. The molecule has 30 heavy (non-hydrogen) atoms. The van der Waals surface area contributed by atoms with Crippen molar-refractivity contribution in [2.45, 2.75) is 77.2 Å². The number of likely N-dealkylation sites (tertiary alicyclic amines) is 1. The van der Waals surface area contributed by atoms with Crippen LogP contribution in [-0.4, -0.2) is 52.9 Å². The van der Waals surface area contributed by atoms with Crippen LogP contribution in [0.4, 0.5) is 0 Å². The maximum Gasteiger partial charge on any atom is 0.222 e. The van der Waals surface area contributed by atoms with Gasteiger partial charge in [-0.25, -0.2) is 0 Å². The van der Waals surface area contributed by atoms with E-state index in [-0.39, 0.29) is 23.5 Å². The second-order valence-electron chi connectivity index (χ2n) is 9.64. The molecule has 0 aromatic heterocycles. The van der Waals surface area contributed by atoms with Crippen molar-refractivity contribution in [3.05, 3.63) is 35.4 Å². The fraction of sp³-hybridized carbons (Fsp3) is 0.640. The maximum atomic E-state index is 11.8. The largest absolute Gasteiger partial charge is 0.378 e. The molecule has 2 N–H and O–H groups in total. The highest BCUT2D eigenvalue weighted by molar-refractivity contribution is 5.77. The van der Waals surface area contributed by atoms with Crippen molar-refractivity contribution >= 4 is 5.91 Å². The van der Waals surface area contributed by atoms with Gasteiger partial charge < -0.3 is 15.2 Å². The standard InChI is InChI=1S/C25H36N2O3/c1-19(2)23(28)26-17-22-10-12-25(30-22)13-15-27(16-14-25)18-21-7-5-20(6-8-21)9-11-24(3,4)29/h5-8,19,22,29H,10,12-18H2,1-4H3,(H,26,28)/t22-/m0/s1. The van der Waals surface area contributed by atoms with Crippen molar-refractivity contribution < 1.29 is 14.6 Å². The molecule has 0 unspecified atom stereocenters. The summed E-state index contributed by atoms with van der Waals surface area (Å²) in [5, 5.41) is 12.7. The summed E-state index contributed by atoms with van der Waals surface area (Å²) in [7, 11) is 0. The van der Waals surface area contributed by atoms with Gasteiger partial charge in [-0.2, -0.15) is 0 Å². The number of carbonyl (C=O) groups is 1. The van der Waals surface area contributed by atoms with Gasteiger partial charge in [0.25, 0.3) is 0 Å². The lowest BCUT2D eigenvalue weighted by Crippen LogP contribution is -2.45. The van der Waals surface area contributed by atoms with Gasteiger partial charge in [0.05, 0.1) is 11.7 Å². The van der Waals surface area contributed by atoms with Gasteiger partial charge in [-0.15, -0.1) is 0 Å². The molecule has 0 aliphatic carbocycles. The SMILES string of the molecule is CC(C)C(=O)NC[C@@H]1CCC2(CCN(Cc3ccc(C#CC(C)(C)O)cc3)CC2)O1. The smallest absolute Gasteiger partial charge is 0.222 e. The third kappa shape index (κ3) is 6.57. The minimum absolute atomic E-state index is 0.000268. The monoisotopic (exact) mass is 412 g/mol. The lowest BCUT2D eigenvalue weighted by atomic mass is 9.88. The summed E-state index contributed by atoms with van der Waals surface area (Å²) < 4.78 is 6.41. The number of amides is 1. The molecule has 164 valence electrons. The molecule has 2 fully saturated rings. The molecule has 1 atom stereocenters. The van der Waals surface area contributed by atoms with E-state index in [9.17, 15) is 9.90 Å². The van der Waals surface area contributed by atoms with Gasteiger partial charge in [-0.05, 0) is 57.2 Å². The number of hydrogen-bond donors (Lipinski definition) is 2. The van der Waals surface area contributed by atoms with Gasteiger partial charge in [-0.1, -0.05) is 37.8 Å². The summed E-state index contributed by atoms with van der Waals surface area (Å²) in [4.78, 5) is 14.3. The zero-order valence-corrected chi connectivity index (χ0v) is 18.8. The van der Waals surface area contributed by atoms with Gasteiger partial charge >= 0.3 is 0 Å². The summed E-state index contributed by atoms with van der Waals surface area (Å²) in [6, 6.07) is 8.29. The van der Waals surface area contributed by atoms with Crippen molar-refractivity contribution in [2.24, 2.45) is 5.92 Å². The van der Waals surface area contributed by atoms with Crippen LogP contribution in [0.2, 0.25) is 0 Å². The van der Waals surface area contributed by atoms with Crippen LogP contribution in [0.1, 0.15) is 64.5 Å². The summed E-state index contributed by atoms with van der Waals surface area (Å²) in [6.45, 7) is 10.8. The van der Waals surface area contributed by atoms with Crippen LogP contribution in [0.5, 0.6) is 0 Å². The Morgan fingerprint density at radius 3 is 2.53 bits per heavy atom. The Morgan fingerprint density at radius 2 is 1.93 bits per heavy atom. The average molecular weight is 413 g/mol. The first kappa shape index (κ1) is 22.8. The van der Waals surface area contributed by atoms with Crippen LogP contribution in [0.15, 0.2) is 24.3 Å². The first-order valence-electron chi connectivity index (χ1n) is 11.2. The Morgan fingerprint density at radius 1 is 1.27 bits per heavy atom. The van der Waals surface area contributed by atoms with Crippen LogP contribution < -0.4 is 5.32 Å². The number of rotatable bonds is 5. The molecule has 5 heteroatoms. The molecule has 2 aliphatic heterocycles. The summed E-state index contributed by atoms with van der Waals surface area (Å²) in [5.74, 6) is 5.99. The number of benzene rings is 1. The van der Waals surface area contributed by atoms with E-state index in [1.165, 1.54) is 5.56 Å². The van der Waals surface area contributed by atoms with Crippen LogP contribution >= 0.6 is 0 Å². The zero-order chi connectivity index (χ0) is 21.8. The zero-order valence-electron chi connectivity index (χ0n) is 18.8. The van der Waals surface area contributed by atoms with E-state index in [0.29, 0.717) is 6.54 Å². The third-order valence-electron chi connectivity index (χ3n) is 6.01. The predicted octanol–water partition coefficient (Wildman–Crippen LogP) is 3.09. The van der Waals surface area contributed by atoms with Crippen molar-refractivity contribution in [2.75, 3.05) is 19.6 Å². The normalized spacial score (nSPS) is 21.5. The fourth-order valence-corrected chi connectivity index (χ4v) is 4.12. The highest BCUT2D eigenvalue weighted by Crippen LogP contribution is 2.39. The quantitative estimate of drug-likeness (QED) is 0.730. The number of nitrogens with zero attached hydrogens (tertiary/aromatic N) is 1. The molecule has 2 saturated heterocycles. The van der Waals surface area contributed by atoms with Crippen LogP contribution in [0.3, 0.4) is 0 Å². The minimum atomic E-state index is -0.968. The van der Waals surface area contributed by atoms with Gasteiger partial charge in [-0.3, -0.25) is 9.69 Å². The van der Waals surface area contributed by atoms with Gasteiger partial charge in [0.15, 0.2) is 0 Å². The summed E-state index contributed by atoms with van der Waals surface area (Å²) in [5.41, 5.74) is 1.24. The van der Waals surface area contributed by atoms with Crippen LogP contribution in [0, 0.1) is 17.8 Å². The molecule has 1 spiro atoms. The van der Waals surface area contributed by atoms with E-state index in [1.54, 1.807) is 13.8 Å². The Balaban J connectivity index is 1.44. The van der Waals surface area contributed by atoms with E-state index < -0.39 is 5.60 Å². The van der Waals surface area contributed by atoms with E-state index in [1.807, 2.05) is 26.0 Å². The maximum absolute atomic E-state index is 11.8. The number of hydrogen-bond acceptors (Lipinski definition) is 4. The molecule has 5 nitrogen and oxygen atoms in total. The van der Waals surface area contributed by atoms with Crippen molar-refractivity contribution in [3.8, 4) is 11.8 Å². The number of ether oxygens (including phenoxy) is 1. The Hall–Kier alpha value is -1.87. The first-order valence-corrected chi connectivity index (χ1v) is 11.2. The van der Waals surface area contributed by atoms with Crippen molar-refractivity contribution in [1.29, 1.82) is 0 Å². The molecule has 1 aromatic carbocycles. The molecular formula is C25H36N2O3. The minimum Gasteiger partial charge on any atom is -0.378 e. The topological polar surface area (TPSA) is 61.8 Å². The van der Waals surface area contributed by atoms with E-state index in [2.05, 4.69) is 34.2 Å². The Labute approximate surface area is 181 Å². The molecule has 1 aromatic rings. The second kappa shape index (κ2) is 9.51. The first-order chi connectivity index (χ1) is 14.1. The molecule has 0 bridgehead atoms. The molecule has 1 amide bonds. The van der Waals surface area contributed by atoms with Gasteiger partial charge in [0, 0.05) is 37.7 Å². The number of piperidine rings is 1. The molecule has 0 radical (unpaired) electrons. The third-order valence-corrected chi connectivity index (χ3v) is 6.01. The summed E-state index contributed by atoms with van der Waals surface area (Å²) >= 11 is 0. The highest BCUT2D eigenvalue weighted by atomic mass is 16.5. The van der Waals surface area contributed by atoms with Crippen molar-refractivity contribution in [3.63, 3.8) is 0 Å². The predicted molar refractivity (Wildman–Crippen MR) is 119 cm³/mol. The van der Waals surface area contributed by atoms with E-state index in [4.69, 9.17) is 4.74 Å². The number of carbonyl (C=O) groups excluding carboxylic acids is 1. The Kier molecular flexibility index (Phi) is 7.23. The van der Waals surface area contributed by atoms with Gasteiger partial charge in [0.2, 0.25) is 5.91 Å².